The van der Waals surface area contributed by atoms with Crippen LogP contribution in [0.5, 0.6) is 0 Å². The third-order valence-corrected chi connectivity index (χ3v) is 5.80. The molecule has 0 atom stereocenters. The molecule has 0 unspecified atom stereocenters. The summed E-state index contributed by atoms with van der Waals surface area (Å²) >= 11 is 0. The van der Waals surface area contributed by atoms with Crippen molar-refractivity contribution >= 4 is 22.7 Å². The van der Waals surface area contributed by atoms with Crippen molar-refractivity contribution in [3.8, 4) is 0 Å². The van der Waals surface area contributed by atoms with E-state index in [-0.39, 0.29) is 30.4 Å². The number of Topliss-reactive ketones (excluding diaryl/α,β-unsaturated/α-hetero) is 1. The van der Waals surface area contributed by atoms with Crippen molar-refractivity contribution in [2.45, 2.75) is 57.9 Å². The van der Waals surface area contributed by atoms with Gasteiger partial charge in [-0.3, -0.25) is 19.0 Å². The maximum Gasteiger partial charge on any atom is 0.306 e. The van der Waals surface area contributed by atoms with Crippen LogP contribution in [-0.4, -0.2) is 27.9 Å². The second kappa shape index (κ2) is 9.90. The van der Waals surface area contributed by atoms with Gasteiger partial charge < -0.3 is 4.74 Å². The quantitative estimate of drug-likeness (QED) is 0.350. The van der Waals surface area contributed by atoms with Gasteiger partial charge in [0.05, 0.1) is 17.3 Å². The molecule has 0 spiro atoms. The predicted molar refractivity (Wildman–Crippen MR) is 123 cm³/mol. The lowest BCUT2D eigenvalue weighted by Crippen LogP contribution is -2.25. The Labute approximate surface area is 187 Å². The number of aryl methyl sites for hydroxylation is 2. The van der Waals surface area contributed by atoms with Crippen molar-refractivity contribution in [2.24, 2.45) is 0 Å². The molecular formula is C26H28N2O4. The summed E-state index contributed by atoms with van der Waals surface area (Å²) in [5, 5.41) is 0.594. The normalized spacial score (nSPS) is 13.3. The molecular weight excluding hydrogens is 404 g/mol. The third kappa shape index (κ3) is 5.13. The fourth-order valence-corrected chi connectivity index (χ4v) is 3.83. The highest BCUT2D eigenvalue weighted by Gasteiger charge is 2.28. The summed E-state index contributed by atoms with van der Waals surface area (Å²) in [6, 6.07) is 14.9. The molecule has 0 N–H and O–H groups in total. The van der Waals surface area contributed by atoms with Crippen molar-refractivity contribution < 1.29 is 14.3 Å². The highest BCUT2D eigenvalue weighted by molar-refractivity contribution is 5.97. The Balaban J connectivity index is 1.35. The first-order valence-corrected chi connectivity index (χ1v) is 11.3. The number of carbonyl (C=O) groups excluding carboxylic acids is 2. The number of ketones is 1. The standard InChI is InChI=1S/C26H28N2O4/c1-2-3-6-18-9-11-19(12-10-18)23(29)17-32-25(30)16-15-24-27-22-8-5-4-7-21(22)26(31)28(24)20-13-14-20/h4-5,7-12,20H,2-3,6,13-17H2,1H3. The van der Waals surface area contributed by atoms with Gasteiger partial charge in [0, 0.05) is 18.0 Å². The van der Waals surface area contributed by atoms with Crippen LogP contribution in [0, 0.1) is 0 Å². The van der Waals surface area contributed by atoms with Crippen LogP contribution in [0.3, 0.4) is 0 Å². The molecule has 1 aliphatic carbocycles. The Bertz CT molecular complexity index is 1180. The topological polar surface area (TPSA) is 78.3 Å². The van der Waals surface area contributed by atoms with Crippen LogP contribution in [-0.2, 0) is 22.4 Å². The first-order valence-electron chi connectivity index (χ1n) is 11.3. The zero-order valence-electron chi connectivity index (χ0n) is 18.4. The van der Waals surface area contributed by atoms with Crippen molar-refractivity contribution in [3.05, 3.63) is 75.8 Å². The Morgan fingerprint density at radius 3 is 2.53 bits per heavy atom. The molecule has 0 bridgehead atoms. The minimum atomic E-state index is -0.470. The molecule has 6 heteroatoms. The Kier molecular flexibility index (Phi) is 6.78. The largest absolute Gasteiger partial charge is 0.457 e. The first-order chi connectivity index (χ1) is 15.6. The SMILES string of the molecule is CCCCc1ccc(C(=O)COC(=O)CCc2nc3ccccc3c(=O)n2C2CC2)cc1. The third-order valence-electron chi connectivity index (χ3n) is 5.80. The van der Waals surface area contributed by atoms with Gasteiger partial charge in [0.2, 0.25) is 0 Å². The second-order valence-corrected chi connectivity index (χ2v) is 8.34. The van der Waals surface area contributed by atoms with Crippen LogP contribution in [0.25, 0.3) is 10.9 Å². The molecule has 0 radical (unpaired) electrons. The Hall–Kier alpha value is -3.28. The molecule has 1 fully saturated rings. The smallest absolute Gasteiger partial charge is 0.306 e. The number of rotatable bonds is 10. The zero-order chi connectivity index (χ0) is 22.5. The van der Waals surface area contributed by atoms with E-state index in [0.717, 1.165) is 32.1 Å². The van der Waals surface area contributed by atoms with E-state index >= 15 is 0 Å². The summed E-state index contributed by atoms with van der Waals surface area (Å²) in [5.74, 6) is -0.0936. The molecule has 4 rings (SSSR count). The number of hydrogen-bond acceptors (Lipinski definition) is 5. The fourth-order valence-electron chi connectivity index (χ4n) is 3.83. The summed E-state index contributed by atoms with van der Waals surface area (Å²) in [5.41, 5.74) is 2.32. The van der Waals surface area contributed by atoms with Crippen LogP contribution in [0.2, 0.25) is 0 Å². The number of para-hydroxylation sites is 1. The molecule has 1 heterocycles. The van der Waals surface area contributed by atoms with Crippen molar-refractivity contribution in [1.29, 1.82) is 0 Å². The zero-order valence-corrected chi connectivity index (χ0v) is 18.4. The number of fused-ring (bicyclic) bond motifs is 1. The van der Waals surface area contributed by atoms with Crippen LogP contribution in [0.15, 0.2) is 53.3 Å². The van der Waals surface area contributed by atoms with Gasteiger partial charge >= 0.3 is 5.97 Å². The molecule has 166 valence electrons. The molecule has 32 heavy (non-hydrogen) atoms. The van der Waals surface area contributed by atoms with Gasteiger partial charge in [0.15, 0.2) is 12.4 Å². The Morgan fingerprint density at radius 1 is 1.06 bits per heavy atom. The van der Waals surface area contributed by atoms with Gasteiger partial charge in [0.25, 0.3) is 5.56 Å². The van der Waals surface area contributed by atoms with Gasteiger partial charge in [-0.15, -0.1) is 0 Å². The number of carbonyl (C=O) groups is 2. The average Bonchev–Trinajstić information content (AvgIpc) is 3.65. The molecule has 6 nitrogen and oxygen atoms in total. The van der Waals surface area contributed by atoms with Crippen LogP contribution in [0.1, 0.15) is 66.8 Å². The summed E-state index contributed by atoms with van der Waals surface area (Å²) in [4.78, 5) is 42.2. The van der Waals surface area contributed by atoms with E-state index in [1.54, 1.807) is 22.8 Å². The van der Waals surface area contributed by atoms with E-state index < -0.39 is 5.97 Å². The van der Waals surface area contributed by atoms with Crippen molar-refractivity contribution in [3.63, 3.8) is 0 Å². The van der Waals surface area contributed by atoms with Gasteiger partial charge in [0.1, 0.15) is 5.82 Å². The number of ether oxygens (including phenoxy) is 1. The number of unbranched alkanes of at least 4 members (excludes halogenated alkanes) is 1. The van der Waals surface area contributed by atoms with E-state index in [1.165, 1.54) is 5.56 Å². The molecule has 3 aromatic rings. The maximum atomic E-state index is 12.9. The van der Waals surface area contributed by atoms with E-state index in [9.17, 15) is 14.4 Å². The number of aromatic nitrogens is 2. The molecule has 2 aromatic carbocycles. The fraction of sp³-hybridized carbons (Fsp3) is 0.385. The van der Waals surface area contributed by atoms with Gasteiger partial charge in [-0.2, -0.15) is 0 Å². The molecule has 1 saturated carbocycles. The first kappa shape index (κ1) is 21.9. The van der Waals surface area contributed by atoms with Gasteiger partial charge in [-0.25, -0.2) is 4.98 Å². The van der Waals surface area contributed by atoms with Crippen molar-refractivity contribution in [2.75, 3.05) is 6.61 Å². The number of nitrogens with zero attached hydrogens (tertiary/aromatic N) is 2. The van der Waals surface area contributed by atoms with Crippen molar-refractivity contribution in [1.82, 2.24) is 9.55 Å². The van der Waals surface area contributed by atoms with Crippen LogP contribution < -0.4 is 5.56 Å². The molecule has 1 aliphatic rings. The van der Waals surface area contributed by atoms with E-state index in [2.05, 4.69) is 11.9 Å². The maximum absolute atomic E-state index is 12.9. The molecule has 0 saturated heterocycles. The molecule has 1 aromatic heterocycles. The van der Waals surface area contributed by atoms with Gasteiger partial charge in [-0.1, -0.05) is 49.7 Å². The number of esters is 1. The monoisotopic (exact) mass is 432 g/mol. The summed E-state index contributed by atoms with van der Waals surface area (Å²) in [7, 11) is 0. The predicted octanol–water partition coefficient (Wildman–Crippen LogP) is 4.43. The second-order valence-electron chi connectivity index (χ2n) is 8.34. The highest BCUT2D eigenvalue weighted by Crippen LogP contribution is 2.34. The van der Waals surface area contributed by atoms with Crippen LogP contribution >= 0.6 is 0 Å². The highest BCUT2D eigenvalue weighted by atomic mass is 16.5. The number of hydrogen-bond donors (Lipinski definition) is 0. The lowest BCUT2D eigenvalue weighted by Gasteiger charge is -2.12. The summed E-state index contributed by atoms with van der Waals surface area (Å²) in [6.07, 6.45) is 5.51. The van der Waals surface area contributed by atoms with E-state index in [1.807, 2.05) is 30.3 Å². The lowest BCUT2D eigenvalue weighted by atomic mass is 10.0. The summed E-state index contributed by atoms with van der Waals surface area (Å²) < 4.78 is 6.93. The van der Waals surface area contributed by atoms with Gasteiger partial charge in [-0.05, 0) is 43.4 Å². The molecule has 0 amide bonds. The average molecular weight is 433 g/mol. The molecule has 0 aliphatic heterocycles. The number of benzene rings is 2. The lowest BCUT2D eigenvalue weighted by molar-refractivity contribution is -0.142. The van der Waals surface area contributed by atoms with E-state index in [4.69, 9.17) is 4.74 Å². The van der Waals surface area contributed by atoms with Crippen LogP contribution in [0.4, 0.5) is 0 Å². The summed E-state index contributed by atoms with van der Waals surface area (Å²) in [6.45, 7) is 1.86. The van der Waals surface area contributed by atoms with E-state index in [0.29, 0.717) is 28.7 Å². The minimum Gasteiger partial charge on any atom is -0.457 e. The Morgan fingerprint density at radius 2 is 1.81 bits per heavy atom. The minimum absolute atomic E-state index is 0.0565.